The fourth-order valence-electron chi connectivity index (χ4n) is 4.38. The van der Waals surface area contributed by atoms with E-state index in [1.54, 1.807) is 44.2 Å². The highest BCUT2D eigenvalue weighted by Gasteiger charge is 2.32. The second kappa shape index (κ2) is 16.3. The van der Waals surface area contributed by atoms with Gasteiger partial charge >= 0.3 is 12.0 Å². The van der Waals surface area contributed by atoms with Crippen molar-refractivity contribution in [2.75, 3.05) is 20.3 Å². The van der Waals surface area contributed by atoms with Crippen LogP contribution in [0.15, 0.2) is 71.0 Å². The molecule has 4 rings (SSSR count). The largest absolute Gasteiger partial charge is 0.493 e. The summed E-state index contributed by atoms with van der Waals surface area (Å²) in [4.78, 5) is 37.3. The molecule has 1 atom stereocenters. The Labute approximate surface area is 292 Å². The first-order valence-corrected chi connectivity index (χ1v) is 16.0. The number of benzene rings is 3. The minimum absolute atomic E-state index is 0.181. The molecule has 14 heteroatoms. The molecule has 1 aliphatic heterocycles. The van der Waals surface area contributed by atoms with Crippen LogP contribution < -0.4 is 30.3 Å². The first-order valence-electron chi connectivity index (χ1n) is 13.8. The summed E-state index contributed by atoms with van der Waals surface area (Å²) in [6.07, 6.45) is 1.52. The highest BCUT2D eigenvalue weighted by molar-refractivity contribution is 14.1. The van der Waals surface area contributed by atoms with E-state index in [2.05, 4.69) is 72.4 Å². The maximum absolute atomic E-state index is 12.6. The molecule has 1 aliphatic rings. The van der Waals surface area contributed by atoms with Crippen molar-refractivity contribution in [2.45, 2.75) is 26.5 Å². The fraction of sp³-hybridized carbons (Fsp3) is 0.219. The van der Waals surface area contributed by atoms with E-state index >= 15 is 0 Å². The third kappa shape index (κ3) is 8.88. The van der Waals surface area contributed by atoms with Gasteiger partial charge in [-0.15, -0.1) is 0 Å². The van der Waals surface area contributed by atoms with Gasteiger partial charge in [0, 0.05) is 5.70 Å². The standard InChI is InChI=1S/C32H29I2N5O7/c1-4-44-31(41)28-18(2)37-32(42)38-29(28)22-9-10-25(26(13-22)43-3)45-17-27(40)39-36-15-21-11-23(33)30(24(34)12-21)46-16-20-7-5-19(14-35)6-8-20/h5-13,15,29H,4,16-17H2,1-3H3,(H,39,40)(H2,37,38,42)/b36-15+/t29-/m0/s1. The number of urea groups is 1. The van der Waals surface area contributed by atoms with E-state index in [0.717, 1.165) is 24.0 Å². The molecule has 3 amide bonds. The Hall–Kier alpha value is -4.37. The number of halogens is 2. The summed E-state index contributed by atoms with van der Waals surface area (Å²) < 4.78 is 24.1. The Bertz CT molecular complexity index is 1710. The van der Waals surface area contributed by atoms with Crippen LogP contribution in [0.1, 0.15) is 42.1 Å². The number of esters is 1. The molecule has 0 saturated heterocycles. The molecule has 3 N–H and O–H groups in total. The van der Waals surface area contributed by atoms with Crippen LogP contribution in [-0.4, -0.2) is 44.4 Å². The summed E-state index contributed by atoms with van der Waals surface area (Å²) >= 11 is 4.36. The second-order valence-electron chi connectivity index (χ2n) is 9.69. The lowest BCUT2D eigenvalue weighted by molar-refractivity contribution is -0.139. The number of amides is 3. The van der Waals surface area contributed by atoms with Gasteiger partial charge in [-0.05, 0) is 112 Å². The molecule has 3 aromatic carbocycles. The van der Waals surface area contributed by atoms with Crippen LogP contribution in [0.3, 0.4) is 0 Å². The SMILES string of the molecule is CCOC(=O)C1=C(C)NC(=O)N[C@H]1c1ccc(OCC(=O)N/N=C/c2cc(I)c(OCc3ccc(C#N)cc3)c(I)c2)c(OC)c1. The van der Waals surface area contributed by atoms with Crippen molar-refractivity contribution in [3.8, 4) is 23.3 Å². The van der Waals surface area contributed by atoms with E-state index in [1.165, 1.54) is 13.3 Å². The number of hydrogen-bond donors (Lipinski definition) is 3. The summed E-state index contributed by atoms with van der Waals surface area (Å²) in [5, 5.41) is 18.3. The molecule has 0 spiro atoms. The van der Waals surface area contributed by atoms with Crippen molar-refractivity contribution >= 4 is 69.3 Å². The summed E-state index contributed by atoms with van der Waals surface area (Å²) in [6, 6.07) is 16.7. The van der Waals surface area contributed by atoms with Gasteiger partial charge in [-0.3, -0.25) is 4.79 Å². The topological polar surface area (TPSA) is 160 Å². The summed E-state index contributed by atoms with van der Waals surface area (Å²) in [7, 11) is 1.44. The first kappa shape index (κ1) is 34.5. The highest BCUT2D eigenvalue weighted by Crippen LogP contribution is 2.35. The molecule has 0 saturated carbocycles. The Morgan fingerprint density at radius 2 is 1.78 bits per heavy atom. The van der Waals surface area contributed by atoms with E-state index in [4.69, 9.17) is 24.2 Å². The molecule has 12 nitrogen and oxygen atoms in total. The van der Waals surface area contributed by atoms with E-state index in [9.17, 15) is 14.4 Å². The normalized spacial score (nSPS) is 14.2. The smallest absolute Gasteiger partial charge is 0.338 e. The number of carbonyl (C=O) groups excluding carboxylic acids is 3. The Morgan fingerprint density at radius 1 is 1.07 bits per heavy atom. The van der Waals surface area contributed by atoms with Crippen molar-refractivity contribution in [3.05, 3.63) is 95.3 Å². The zero-order valence-electron chi connectivity index (χ0n) is 25.0. The van der Waals surface area contributed by atoms with Crippen LogP contribution in [-0.2, 0) is 20.9 Å². The zero-order chi connectivity index (χ0) is 33.2. The second-order valence-corrected chi connectivity index (χ2v) is 12.0. The fourth-order valence-corrected chi connectivity index (χ4v) is 6.51. The Balaban J connectivity index is 1.35. The van der Waals surface area contributed by atoms with Crippen molar-refractivity contribution in [2.24, 2.45) is 5.10 Å². The Kier molecular flexibility index (Phi) is 12.2. The molecule has 0 aliphatic carbocycles. The van der Waals surface area contributed by atoms with Crippen LogP contribution >= 0.6 is 45.2 Å². The maximum atomic E-state index is 12.6. The predicted molar refractivity (Wildman–Crippen MR) is 185 cm³/mol. The van der Waals surface area contributed by atoms with Crippen LogP contribution in [0.25, 0.3) is 0 Å². The van der Waals surface area contributed by atoms with Gasteiger partial charge < -0.3 is 29.6 Å². The molecule has 0 fully saturated rings. The number of nitriles is 1. The number of hydrogen-bond acceptors (Lipinski definition) is 9. The van der Waals surface area contributed by atoms with Crippen molar-refractivity contribution < 1.29 is 33.3 Å². The van der Waals surface area contributed by atoms with Crippen LogP contribution in [0, 0.1) is 18.5 Å². The average molecular weight is 849 g/mol. The summed E-state index contributed by atoms with van der Waals surface area (Å²) in [5.74, 6) is 0.258. The quantitative estimate of drug-likeness (QED) is 0.0986. The minimum atomic E-state index is -0.775. The van der Waals surface area contributed by atoms with Gasteiger partial charge in [-0.25, -0.2) is 15.0 Å². The minimum Gasteiger partial charge on any atom is -0.493 e. The maximum Gasteiger partial charge on any atom is 0.338 e. The third-order valence-corrected chi connectivity index (χ3v) is 8.14. The van der Waals surface area contributed by atoms with Gasteiger partial charge in [-0.2, -0.15) is 10.4 Å². The molecule has 0 aromatic heterocycles. The monoisotopic (exact) mass is 849 g/mol. The summed E-state index contributed by atoms with van der Waals surface area (Å²) in [6.45, 7) is 3.52. The molecule has 0 unspecified atom stereocenters. The number of allylic oxidation sites excluding steroid dienone is 1. The number of methoxy groups -OCH3 is 1. The van der Waals surface area contributed by atoms with Crippen LogP contribution in [0.2, 0.25) is 0 Å². The Morgan fingerprint density at radius 3 is 2.43 bits per heavy atom. The lowest BCUT2D eigenvalue weighted by Gasteiger charge is -2.28. The highest BCUT2D eigenvalue weighted by atomic mass is 127. The third-order valence-electron chi connectivity index (χ3n) is 6.53. The van der Waals surface area contributed by atoms with Gasteiger partial charge in [0.15, 0.2) is 18.1 Å². The molecule has 238 valence electrons. The molecular formula is C32H29I2N5O7. The molecule has 3 aromatic rings. The van der Waals surface area contributed by atoms with Crippen molar-refractivity contribution in [1.29, 1.82) is 5.26 Å². The van der Waals surface area contributed by atoms with Crippen molar-refractivity contribution in [3.63, 3.8) is 0 Å². The lowest BCUT2D eigenvalue weighted by Crippen LogP contribution is -2.45. The molecule has 1 heterocycles. The number of nitrogens with one attached hydrogen (secondary N) is 3. The van der Waals surface area contributed by atoms with Crippen LogP contribution in [0.5, 0.6) is 17.2 Å². The predicted octanol–water partition coefficient (Wildman–Crippen LogP) is 5.08. The van der Waals surface area contributed by atoms with E-state index in [0.29, 0.717) is 29.2 Å². The van der Waals surface area contributed by atoms with Gasteiger partial charge in [0.05, 0.1) is 50.3 Å². The van der Waals surface area contributed by atoms with E-state index in [-0.39, 0.29) is 24.5 Å². The van der Waals surface area contributed by atoms with Crippen LogP contribution in [0.4, 0.5) is 4.79 Å². The van der Waals surface area contributed by atoms with Gasteiger partial charge in [0.2, 0.25) is 0 Å². The summed E-state index contributed by atoms with van der Waals surface area (Å²) in [5.41, 5.74) is 5.95. The lowest BCUT2D eigenvalue weighted by atomic mass is 9.95. The number of hydrazone groups is 1. The van der Waals surface area contributed by atoms with Gasteiger partial charge in [0.25, 0.3) is 5.91 Å². The number of ether oxygens (including phenoxy) is 4. The molecular weight excluding hydrogens is 820 g/mol. The number of rotatable bonds is 12. The van der Waals surface area contributed by atoms with E-state index in [1.807, 2.05) is 24.3 Å². The van der Waals surface area contributed by atoms with E-state index < -0.39 is 23.9 Å². The first-order chi connectivity index (χ1) is 22.1. The molecule has 0 radical (unpaired) electrons. The van der Waals surface area contributed by atoms with Gasteiger partial charge in [0.1, 0.15) is 12.4 Å². The number of nitrogens with zero attached hydrogens (tertiary/aromatic N) is 2. The van der Waals surface area contributed by atoms with Crippen molar-refractivity contribution in [1.82, 2.24) is 16.1 Å². The number of carbonyl (C=O) groups is 3. The molecule has 0 bridgehead atoms. The zero-order valence-corrected chi connectivity index (χ0v) is 29.3. The molecule has 46 heavy (non-hydrogen) atoms. The average Bonchev–Trinajstić information content (AvgIpc) is 3.03. The van der Waals surface area contributed by atoms with Gasteiger partial charge in [-0.1, -0.05) is 18.2 Å².